The molecule has 1 aromatic rings. The van der Waals surface area contributed by atoms with Gasteiger partial charge in [0.05, 0.1) is 0 Å². The lowest BCUT2D eigenvalue weighted by Gasteiger charge is -2.20. The van der Waals surface area contributed by atoms with Gasteiger partial charge in [0.15, 0.2) is 0 Å². The molecule has 5 heteroatoms. The fourth-order valence-electron chi connectivity index (χ4n) is 1.73. The fraction of sp³-hybridized carbons (Fsp3) is 0.692. The van der Waals surface area contributed by atoms with E-state index >= 15 is 0 Å². The topological polar surface area (TPSA) is 75.9 Å². The molecule has 0 atom stereocenters. The zero-order valence-corrected chi connectivity index (χ0v) is 11.7. The number of aromatic nitrogens is 2. The minimum atomic E-state index is -0.0880. The van der Waals surface area contributed by atoms with Crippen LogP contribution in [0.25, 0.3) is 0 Å². The van der Waals surface area contributed by atoms with Gasteiger partial charge in [-0.25, -0.2) is 15.8 Å². The van der Waals surface area contributed by atoms with Gasteiger partial charge in [0, 0.05) is 17.5 Å². The summed E-state index contributed by atoms with van der Waals surface area (Å²) >= 11 is 0. The highest BCUT2D eigenvalue weighted by atomic mass is 15.3. The first-order valence-electron chi connectivity index (χ1n) is 6.51. The van der Waals surface area contributed by atoms with Crippen LogP contribution in [0.15, 0.2) is 0 Å². The quantitative estimate of drug-likeness (QED) is 0.563. The van der Waals surface area contributed by atoms with Gasteiger partial charge in [-0.15, -0.1) is 0 Å². The van der Waals surface area contributed by atoms with Crippen LogP contribution in [0.1, 0.15) is 45.0 Å². The van der Waals surface area contributed by atoms with Crippen LogP contribution in [0, 0.1) is 12.8 Å². The van der Waals surface area contributed by atoms with Crippen LogP contribution >= 0.6 is 0 Å². The first-order valence-corrected chi connectivity index (χ1v) is 6.51. The van der Waals surface area contributed by atoms with Gasteiger partial charge in [0.25, 0.3) is 0 Å². The molecule has 1 aliphatic carbocycles. The van der Waals surface area contributed by atoms with Gasteiger partial charge in [0.1, 0.15) is 17.5 Å². The van der Waals surface area contributed by atoms with Crippen molar-refractivity contribution in [3.05, 3.63) is 11.4 Å². The summed E-state index contributed by atoms with van der Waals surface area (Å²) < 4.78 is 0. The Morgan fingerprint density at radius 3 is 2.33 bits per heavy atom. The molecule has 2 rings (SSSR count). The van der Waals surface area contributed by atoms with E-state index in [1.54, 1.807) is 0 Å². The molecule has 0 aromatic carbocycles. The van der Waals surface area contributed by atoms with Gasteiger partial charge in [-0.05, 0) is 25.7 Å². The Balaban J connectivity index is 2.29. The molecule has 0 radical (unpaired) electrons. The van der Waals surface area contributed by atoms with Crippen LogP contribution in [0.4, 0.5) is 11.6 Å². The van der Waals surface area contributed by atoms with E-state index in [0.717, 1.165) is 29.7 Å². The van der Waals surface area contributed by atoms with Crippen LogP contribution in [0.2, 0.25) is 0 Å². The third-order valence-electron chi connectivity index (χ3n) is 3.21. The predicted octanol–water partition coefficient (Wildman–Crippen LogP) is 2.19. The maximum absolute atomic E-state index is 5.53. The van der Waals surface area contributed by atoms with Gasteiger partial charge in [-0.1, -0.05) is 20.8 Å². The Hall–Kier alpha value is -1.36. The molecular formula is C13H23N5. The fourth-order valence-corrected chi connectivity index (χ4v) is 1.73. The van der Waals surface area contributed by atoms with E-state index in [4.69, 9.17) is 5.84 Å². The third-order valence-corrected chi connectivity index (χ3v) is 3.21. The van der Waals surface area contributed by atoms with Crippen LogP contribution < -0.4 is 16.6 Å². The normalized spacial score (nSPS) is 15.6. The molecule has 0 bridgehead atoms. The van der Waals surface area contributed by atoms with Gasteiger partial charge < -0.3 is 10.7 Å². The zero-order valence-electron chi connectivity index (χ0n) is 11.7. The summed E-state index contributed by atoms with van der Waals surface area (Å²) in [5.41, 5.74) is 3.55. The zero-order chi connectivity index (χ0) is 13.3. The average molecular weight is 249 g/mol. The smallest absolute Gasteiger partial charge is 0.148 e. The van der Waals surface area contributed by atoms with Crippen LogP contribution in [0.3, 0.4) is 0 Å². The number of nitrogen functional groups attached to an aromatic ring is 1. The highest BCUT2D eigenvalue weighted by Crippen LogP contribution is 2.30. The van der Waals surface area contributed by atoms with Crippen molar-refractivity contribution in [2.24, 2.45) is 11.8 Å². The molecule has 1 fully saturated rings. The average Bonchev–Trinajstić information content (AvgIpc) is 3.10. The first-order chi connectivity index (χ1) is 8.41. The van der Waals surface area contributed by atoms with Crippen molar-refractivity contribution in [1.82, 2.24) is 9.97 Å². The molecular weight excluding hydrogens is 226 g/mol. The predicted molar refractivity (Wildman–Crippen MR) is 74.5 cm³/mol. The molecule has 5 nitrogen and oxygen atoms in total. The summed E-state index contributed by atoms with van der Waals surface area (Å²) in [5, 5.41) is 3.42. The largest absolute Gasteiger partial charge is 0.369 e. The number of nitrogens with two attached hydrogens (primary N) is 1. The molecule has 0 saturated heterocycles. The molecule has 0 spiro atoms. The molecule has 0 unspecified atom stereocenters. The second-order valence-corrected chi connectivity index (χ2v) is 6.09. The molecule has 1 saturated carbocycles. The summed E-state index contributed by atoms with van der Waals surface area (Å²) in [6.07, 6.45) is 2.65. The Kier molecular flexibility index (Phi) is 3.43. The molecule has 1 heterocycles. The second-order valence-electron chi connectivity index (χ2n) is 6.09. The van der Waals surface area contributed by atoms with Gasteiger partial charge in [-0.2, -0.15) is 0 Å². The molecule has 0 aliphatic heterocycles. The van der Waals surface area contributed by atoms with Crippen LogP contribution in [-0.2, 0) is 5.41 Å². The number of nitrogens with zero attached hydrogens (tertiary/aromatic N) is 2. The lowest BCUT2D eigenvalue weighted by atomic mass is 9.95. The van der Waals surface area contributed by atoms with Crippen LogP contribution in [-0.4, -0.2) is 16.5 Å². The standard InChI is InChI=1S/C13H23N5/c1-8-10(15-7-9-5-6-9)16-12(13(2,3)4)17-11(8)18-14/h9H,5-7,14H2,1-4H3,(H2,15,16,17,18). The number of anilines is 2. The molecule has 18 heavy (non-hydrogen) atoms. The van der Waals surface area contributed by atoms with E-state index < -0.39 is 0 Å². The third kappa shape index (κ3) is 2.90. The maximum atomic E-state index is 5.53. The molecule has 0 amide bonds. The highest BCUT2D eigenvalue weighted by molar-refractivity contribution is 5.57. The van der Waals surface area contributed by atoms with Crippen molar-refractivity contribution < 1.29 is 0 Å². The number of rotatable bonds is 4. The Labute approximate surface area is 109 Å². The second kappa shape index (κ2) is 4.72. The summed E-state index contributed by atoms with van der Waals surface area (Å²) in [4.78, 5) is 9.11. The van der Waals surface area contributed by atoms with Gasteiger partial charge in [0.2, 0.25) is 0 Å². The van der Waals surface area contributed by atoms with Crippen molar-refractivity contribution in [1.29, 1.82) is 0 Å². The van der Waals surface area contributed by atoms with Crippen molar-refractivity contribution in [3.8, 4) is 0 Å². The van der Waals surface area contributed by atoms with Gasteiger partial charge >= 0.3 is 0 Å². The lowest BCUT2D eigenvalue weighted by Crippen LogP contribution is -2.21. The van der Waals surface area contributed by atoms with Gasteiger partial charge in [-0.3, -0.25) is 0 Å². The van der Waals surface area contributed by atoms with Crippen LogP contribution in [0.5, 0.6) is 0 Å². The van der Waals surface area contributed by atoms with E-state index in [1.165, 1.54) is 12.8 Å². The van der Waals surface area contributed by atoms with E-state index in [-0.39, 0.29) is 5.41 Å². The van der Waals surface area contributed by atoms with Crippen molar-refractivity contribution >= 4 is 11.6 Å². The minimum Gasteiger partial charge on any atom is -0.369 e. The molecule has 4 N–H and O–H groups in total. The Morgan fingerprint density at radius 1 is 1.22 bits per heavy atom. The molecule has 100 valence electrons. The summed E-state index contributed by atoms with van der Waals surface area (Å²) in [5.74, 6) is 8.75. The van der Waals surface area contributed by atoms with Crippen molar-refractivity contribution in [3.63, 3.8) is 0 Å². The number of hydrogen-bond donors (Lipinski definition) is 3. The number of hydrazine groups is 1. The van der Waals surface area contributed by atoms with Crippen molar-refractivity contribution in [2.45, 2.75) is 46.0 Å². The van der Waals surface area contributed by atoms with E-state index in [2.05, 4.69) is 41.5 Å². The molecule has 1 aliphatic rings. The summed E-state index contributed by atoms with van der Waals surface area (Å²) in [6, 6.07) is 0. The minimum absolute atomic E-state index is 0.0880. The summed E-state index contributed by atoms with van der Waals surface area (Å²) in [6.45, 7) is 9.27. The van der Waals surface area contributed by atoms with Crippen molar-refractivity contribution in [2.75, 3.05) is 17.3 Å². The van der Waals surface area contributed by atoms with E-state index in [9.17, 15) is 0 Å². The van der Waals surface area contributed by atoms with E-state index in [0.29, 0.717) is 5.82 Å². The Bertz CT molecular complexity index is 432. The molecule has 1 aromatic heterocycles. The summed E-state index contributed by atoms with van der Waals surface area (Å²) in [7, 11) is 0. The number of hydrogen-bond acceptors (Lipinski definition) is 5. The SMILES string of the molecule is Cc1c(NN)nc(C(C)(C)C)nc1NCC1CC1. The lowest BCUT2D eigenvalue weighted by molar-refractivity contribution is 0.546. The monoisotopic (exact) mass is 249 g/mol. The Morgan fingerprint density at radius 2 is 1.83 bits per heavy atom. The maximum Gasteiger partial charge on any atom is 0.148 e. The van der Waals surface area contributed by atoms with E-state index in [1.807, 2.05) is 6.92 Å². The highest BCUT2D eigenvalue weighted by Gasteiger charge is 2.23. The first kappa shape index (κ1) is 13.1. The number of nitrogens with one attached hydrogen (secondary N) is 2.